The van der Waals surface area contributed by atoms with Gasteiger partial charge in [0.1, 0.15) is 0 Å². The van der Waals surface area contributed by atoms with Crippen LogP contribution in [0.25, 0.3) is 0 Å². The van der Waals surface area contributed by atoms with E-state index in [1.165, 1.54) is 218 Å². The van der Waals surface area contributed by atoms with Crippen molar-refractivity contribution in [3.05, 3.63) is 0 Å². The van der Waals surface area contributed by atoms with Gasteiger partial charge in [-0.3, -0.25) is 0 Å². The molecule has 1 N–H and O–H groups in total. The molecule has 0 aromatic rings. The average molecular weight is 723 g/mol. The molecular weight excluding hydrogens is 635 g/mol. The number of hydrogen-bond acceptors (Lipinski definition) is 5. The molecule has 0 unspecified atom stereocenters. The second-order valence-electron chi connectivity index (χ2n) is 15.3. The molecule has 0 amide bonds. The Hall–Kier alpha value is -0.568. The van der Waals surface area contributed by atoms with E-state index in [1.54, 1.807) is 0 Å². The van der Waals surface area contributed by atoms with Gasteiger partial charge in [-0.2, -0.15) is 0 Å². The topological polar surface area (TPSA) is 82.6 Å². The molecule has 0 heterocycles. The molecule has 0 aliphatic heterocycles. The predicted octanol–water partition coefficient (Wildman–Crippen LogP) is 15.1. The first-order valence-electron chi connectivity index (χ1n) is 22.4. The molecule has 0 aromatic carbocycles. The summed E-state index contributed by atoms with van der Waals surface area (Å²) in [7, 11) is 0. The van der Waals surface area contributed by atoms with Crippen LogP contribution in [0, 0.1) is 0 Å². The van der Waals surface area contributed by atoms with Crippen molar-refractivity contribution in [3.8, 4) is 0 Å². The summed E-state index contributed by atoms with van der Waals surface area (Å²) in [4.78, 5) is 23.9. The quantitative estimate of drug-likeness (QED) is 0.0463. The van der Waals surface area contributed by atoms with Crippen LogP contribution in [-0.2, 0) is 17.2 Å². The summed E-state index contributed by atoms with van der Waals surface area (Å²) in [5.41, 5.74) is 0. The molecule has 0 aliphatic carbocycles. The van der Waals surface area contributed by atoms with E-state index in [1.807, 2.05) is 0 Å². The predicted molar refractivity (Wildman–Crippen MR) is 216 cm³/mol. The summed E-state index contributed by atoms with van der Waals surface area (Å²) in [6.07, 6.45) is 52.0. The number of hydrogen-bond donors (Lipinski definition) is 0. The van der Waals surface area contributed by atoms with E-state index in [9.17, 15) is 9.59 Å². The van der Waals surface area contributed by atoms with Crippen LogP contribution >= 0.6 is 0 Å². The van der Waals surface area contributed by atoms with Crippen LogP contribution in [0.3, 0.4) is 0 Å². The van der Waals surface area contributed by atoms with E-state index in [2.05, 4.69) is 13.8 Å². The Morgan fingerprint density at radius 3 is 0.640 bits per heavy atom. The van der Waals surface area contributed by atoms with E-state index in [-0.39, 0.29) is 17.4 Å². The van der Waals surface area contributed by atoms with Gasteiger partial charge in [0, 0.05) is 0 Å². The van der Waals surface area contributed by atoms with Crippen molar-refractivity contribution in [2.45, 2.75) is 271 Å². The van der Waals surface area contributed by atoms with Gasteiger partial charge in [0.15, 0.2) is 0 Å². The summed E-state index contributed by atoms with van der Waals surface area (Å²) in [6.45, 7) is 4.58. The van der Waals surface area contributed by atoms with Crippen molar-refractivity contribution in [3.63, 3.8) is 0 Å². The zero-order valence-corrected chi connectivity index (χ0v) is 35.1. The molecule has 296 valence electrons. The second-order valence-corrected chi connectivity index (χ2v) is 16.0. The van der Waals surface area contributed by atoms with Crippen LogP contribution in [0.4, 0.5) is 0 Å². The number of unbranched alkanes of at least 4 members (excludes halogenated alkanes) is 36. The summed E-state index contributed by atoms with van der Waals surface area (Å²) >= 11 is -1.00. The fourth-order valence-corrected chi connectivity index (χ4v) is 7.44. The van der Waals surface area contributed by atoms with Gasteiger partial charge in [-0.1, -0.05) is 142 Å². The number of carbonyl (C=O) groups excluding carboxylic acids is 2. The van der Waals surface area contributed by atoms with Crippen molar-refractivity contribution in [2.24, 2.45) is 0 Å². The molecular formula is C44H87AlO5. The first kappa shape index (κ1) is 51.5. The summed E-state index contributed by atoms with van der Waals surface area (Å²) < 4.78 is 10.4. The molecule has 5 nitrogen and oxygen atoms in total. The van der Waals surface area contributed by atoms with Gasteiger partial charge in [0.05, 0.1) is 0 Å². The Kier molecular flexibility index (Phi) is 47.9. The Morgan fingerprint density at radius 2 is 0.460 bits per heavy atom. The molecule has 0 radical (unpaired) electrons. The third-order valence-electron chi connectivity index (χ3n) is 10.3. The van der Waals surface area contributed by atoms with E-state index in [0.29, 0.717) is 12.8 Å². The molecule has 0 aliphatic rings. The molecule has 6 heteroatoms. The van der Waals surface area contributed by atoms with Crippen molar-refractivity contribution in [2.75, 3.05) is 0 Å². The first-order chi connectivity index (χ1) is 24.2. The minimum atomic E-state index is -1.00. The van der Waals surface area contributed by atoms with Crippen LogP contribution in [0.15, 0.2) is 0 Å². The molecule has 0 saturated heterocycles. The summed E-state index contributed by atoms with van der Waals surface area (Å²) in [6, 6.07) is 0. The van der Waals surface area contributed by atoms with Crippen molar-refractivity contribution in [1.29, 1.82) is 0 Å². The van der Waals surface area contributed by atoms with Crippen molar-refractivity contribution in [1.82, 2.24) is 0 Å². The van der Waals surface area contributed by atoms with Gasteiger partial charge in [0.25, 0.3) is 0 Å². The Bertz CT molecular complexity index is 604. The van der Waals surface area contributed by atoms with E-state index >= 15 is 0 Å². The first-order valence-corrected chi connectivity index (χ1v) is 23.4. The van der Waals surface area contributed by atoms with Crippen LogP contribution in [-0.4, -0.2) is 33.3 Å². The summed E-state index contributed by atoms with van der Waals surface area (Å²) in [5, 5.41) is 0. The number of rotatable bonds is 42. The van der Waals surface area contributed by atoms with Gasteiger partial charge in [-0.05, 0) is 0 Å². The van der Waals surface area contributed by atoms with Gasteiger partial charge in [-0.15, -0.1) is 0 Å². The molecule has 0 atom stereocenters. The molecule has 0 spiro atoms. The molecule has 0 fully saturated rings. The van der Waals surface area contributed by atoms with Gasteiger partial charge < -0.3 is 5.48 Å². The smallest absolute Gasteiger partial charge is 0.870 e. The molecule has 0 bridgehead atoms. The standard InChI is InChI=1S/2C22H44O2.Al.H2O/c2*1-2-3-4-5-6-7-8-9-10-11-12-13-14-15-16-17-18-19-20-21-22(23)24;;/h2*2-21H2,1H3,(H,23,24);;1H2/q;;+3;/p-3. The molecule has 0 saturated carbocycles. The van der Waals surface area contributed by atoms with Gasteiger partial charge in [-0.25, -0.2) is 0 Å². The second kappa shape index (κ2) is 46.5. The SMILES string of the molecule is CCCCCCCCCCCCCCCCCCCCCC(=O)[O][Al+][O]C(=O)CCCCCCCCCCCCCCCCCCCCC.[OH-]. The molecule has 0 rings (SSSR count). The van der Waals surface area contributed by atoms with Crippen LogP contribution < -0.4 is 0 Å². The van der Waals surface area contributed by atoms with Gasteiger partial charge in [0.2, 0.25) is 0 Å². The van der Waals surface area contributed by atoms with E-state index < -0.39 is 15.9 Å². The summed E-state index contributed by atoms with van der Waals surface area (Å²) in [5.74, 6) is -0.420. The number of carbonyl (C=O) groups is 2. The van der Waals surface area contributed by atoms with E-state index in [4.69, 9.17) is 7.58 Å². The van der Waals surface area contributed by atoms with Crippen molar-refractivity contribution >= 4 is 27.8 Å². The fraction of sp³-hybridized carbons (Fsp3) is 0.955. The Balaban J connectivity index is 0. The van der Waals surface area contributed by atoms with Crippen LogP contribution in [0.5, 0.6) is 0 Å². The van der Waals surface area contributed by atoms with Crippen LogP contribution in [0.1, 0.15) is 271 Å². The molecule has 50 heavy (non-hydrogen) atoms. The van der Waals surface area contributed by atoms with E-state index in [0.717, 1.165) is 25.7 Å². The third kappa shape index (κ3) is 45.5. The third-order valence-corrected chi connectivity index (χ3v) is 11.0. The average Bonchev–Trinajstić information content (AvgIpc) is 3.10. The maximum atomic E-state index is 12.0. The molecule has 0 aromatic heterocycles. The fourth-order valence-electron chi connectivity index (χ4n) is 6.94. The van der Waals surface area contributed by atoms with Crippen molar-refractivity contribution < 1.29 is 22.6 Å². The Morgan fingerprint density at radius 1 is 0.300 bits per heavy atom. The normalized spacial score (nSPS) is 10.9. The maximum absolute atomic E-state index is 12.0. The minimum absolute atomic E-state index is 0. The Labute approximate surface area is 320 Å². The minimum Gasteiger partial charge on any atom is -0.870 e. The monoisotopic (exact) mass is 723 g/mol. The zero-order valence-electron chi connectivity index (χ0n) is 33.9. The van der Waals surface area contributed by atoms with Gasteiger partial charge >= 0.3 is 173 Å². The van der Waals surface area contributed by atoms with Crippen LogP contribution in [0.2, 0.25) is 0 Å². The zero-order chi connectivity index (χ0) is 35.6.